The molecule has 0 spiro atoms. The summed E-state index contributed by atoms with van der Waals surface area (Å²) in [6.07, 6.45) is 0.812. The lowest BCUT2D eigenvalue weighted by Crippen LogP contribution is -2.06. The van der Waals surface area contributed by atoms with E-state index >= 15 is 0 Å². The molecule has 2 aromatic rings. The summed E-state index contributed by atoms with van der Waals surface area (Å²) >= 11 is 6.14. The summed E-state index contributed by atoms with van der Waals surface area (Å²) in [5, 5.41) is 0.684. The number of nitrogens with two attached hydrogens (primary N) is 1. The Morgan fingerprint density at radius 2 is 2.29 bits per heavy atom. The van der Waals surface area contributed by atoms with Gasteiger partial charge in [-0.05, 0) is 25.6 Å². The molecule has 2 N–H and O–H groups in total. The molecule has 0 unspecified atom stereocenters. The van der Waals surface area contributed by atoms with Crippen LogP contribution in [0.5, 0.6) is 0 Å². The van der Waals surface area contributed by atoms with Gasteiger partial charge in [-0.1, -0.05) is 17.7 Å². The molecule has 0 radical (unpaired) electrons. The van der Waals surface area contributed by atoms with Gasteiger partial charge in [0.1, 0.15) is 10.8 Å². The van der Waals surface area contributed by atoms with Gasteiger partial charge in [0.05, 0.1) is 5.69 Å². The molecule has 0 aliphatic carbocycles. The summed E-state index contributed by atoms with van der Waals surface area (Å²) in [4.78, 5) is 4.35. The van der Waals surface area contributed by atoms with E-state index in [9.17, 15) is 0 Å². The van der Waals surface area contributed by atoms with Crippen LogP contribution in [0.1, 0.15) is 11.4 Å². The molecule has 0 aliphatic heterocycles. The molecule has 0 aliphatic rings. The van der Waals surface area contributed by atoms with Gasteiger partial charge in [-0.15, -0.1) is 0 Å². The summed E-state index contributed by atoms with van der Waals surface area (Å²) in [5.74, 6) is 0. The van der Waals surface area contributed by atoms with Crippen molar-refractivity contribution in [1.82, 2.24) is 9.38 Å². The number of nitrogens with zero attached hydrogens (tertiary/aromatic N) is 2. The molecule has 0 aromatic carbocycles. The molecule has 4 heteroatoms. The van der Waals surface area contributed by atoms with Crippen LogP contribution in [0.25, 0.3) is 5.65 Å². The van der Waals surface area contributed by atoms with Gasteiger partial charge in [0.15, 0.2) is 0 Å². The maximum Gasteiger partial charge on any atom is 0.138 e. The Hall–Kier alpha value is -1.06. The molecular formula is C10H12ClN3. The maximum atomic E-state index is 6.14. The summed E-state index contributed by atoms with van der Waals surface area (Å²) in [7, 11) is 0. The number of aryl methyl sites for hydroxylation is 1. The number of rotatable bonds is 2. The highest BCUT2D eigenvalue weighted by Gasteiger charge is 2.08. The predicted octanol–water partition coefficient (Wildman–Crippen LogP) is 1.80. The Morgan fingerprint density at radius 1 is 1.50 bits per heavy atom. The molecular weight excluding hydrogens is 198 g/mol. The van der Waals surface area contributed by atoms with Crippen molar-refractivity contribution in [1.29, 1.82) is 0 Å². The van der Waals surface area contributed by atoms with Crippen LogP contribution >= 0.6 is 11.6 Å². The van der Waals surface area contributed by atoms with E-state index in [-0.39, 0.29) is 0 Å². The van der Waals surface area contributed by atoms with Crippen LogP contribution in [0.2, 0.25) is 5.15 Å². The number of hydrogen-bond acceptors (Lipinski definition) is 2. The second-order valence-corrected chi connectivity index (χ2v) is 3.60. The average Bonchev–Trinajstić information content (AvgIpc) is 2.45. The Kier molecular flexibility index (Phi) is 2.44. The SMILES string of the molecule is Cc1nc2cccc(CCN)n2c1Cl. The summed E-state index contributed by atoms with van der Waals surface area (Å²) in [6, 6.07) is 5.94. The highest BCUT2D eigenvalue weighted by molar-refractivity contribution is 6.30. The van der Waals surface area contributed by atoms with E-state index < -0.39 is 0 Å². The first-order valence-corrected chi connectivity index (χ1v) is 4.94. The van der Waals surface area contributed by atoms with Crippen LogP contribution < -0.4 is 5.73 Å². The van der Waals surface area contributed by atoms with E-state index in [0.717, 1.165) is 23.5 Å². The summed E-state index contributed by atoms with van der Waals surface area (Å²) in [6.45, 7) is 2.52. The number of hydrogen-bond donors (Lipinski definition) is 1. The molecule has 0 saturated heterocycles. The lowest BCUT2D eigenvalue weighted by atomic mass is 10.2. The lowest BCUT2D eigenvalue weighted by Gasteiger charge is -2.04. The number of aromatic nitrogens is 2. The highest BCUT2D eigenvalue weighted by Crippen LogP contribution is 2.19. The Labute approximate surface area is 87.5 Å². The van der Waals surface area contributed by atoms with Gasteiger partial charge < -0.3 is 5.73 Å². The molecule has 0 amide bonds. The van der Waals surface area contributed by atoms with E-state index in [1.54, 1.807) is 0 Å². The standard InChI is InChI=1S/C10H12ClN3/c1-7-10(11)14-8(5-6-12)3-2-4-9(14)13-7/h2-4H,5-6,12H2,1H3. The average molecular weight is 210 g/mol. The van der Waals surface area contributed by atoms with Gasteiger partial charge in [0.25, 0.3) is 0 Å². The van der Waals surface area contributed by atoms with Gasteiger partial charge in [-0.2, -0.15) is 0 Å². The zero-order valence-electron chi connectivity index (χ0n) is 8.00. The number of fused-ring (bicyclic) bond motifs is 1. The first-order valence-electron chi connectivity index (χ1n) is 4.56. The summed E-state index contributed by atoms with van der Waals surface area (Å²) < 4.78 is 1.95. The van der Waals surface area contributed by atoms with Crippen LogP contribution in [-0.4, -0.2) is 15.9 Å². The van der Waals surface area contributed by atoms with Gasteiger partial charge in [-0.25, -0.2) is 4.98 Å². The molecule has 2 heterocycles. The molecule has 0 bridgehead atoms. The Bertz CT molecular complexity index is 462. The second-order valence-electron chi connectivity index (χ2n) is 3.24. The van der Waals surface area contributed by atoms with Crippen molar-refractivity contribution in [2.75, 3.05) is 6.54 Å². The van der Waals surface area contributed by atoms with Gasteiger partial charge >= 0.3 is 0 Å². The summed E-state index contributed by atoms with van der Waals surface area (Å²) in [5.41, 5.74) is 8.38. The minimum Gasteiger partial charge on any atom is -0.330 e. The Morgan fingerprint density at radius 3 is 3.00 bits per heavy atom. The molecule has 74 valence electrons. The van der Waals surface area contributed by atoms with Crippen molar-refractivity contribution in [3.05, 3.63) is 34.7 Å². The quantitative estimate of drug-likeness (QED) is 0.820. The largest absolute Gasteiger partial charge is 0.330 e. The predicted molar refractivity (Wildman–Crippen MR) is 57.7 cm³/mol. The molecule has 0 atom stereocenters. The third-order valence-electron chi connectivity index (χ3n) is 2.23. The normalized spacial score (nSPS) is 11.1. The highest BCUT2D eigenvalue weighted by atomic mass is 35.5. The van der Waals surface area contributed by atoms with E-state index in [1.807, 2.05) is 29.5 Å². The van der Waals surface area contributed by atoms with Crippen molar-refractivity contribution in [2.45, 2.75) is 13.3 Å². The van der Waals surface area contributed by atoms with Crippen LogP contribution in [0, 0.1) is 6.92 Å². The number of pyridine rings is 1. The van der Waals surface area contributed by atoms with Crippen LogP contribution in [0.15, 0.2) is 18.2 Å². The molecule has 0 fully saturated rings. The van der Waals surface area contributed by atoms with Crippen molar-refractivity contribution < 1.29 is 0 Å². The molecule has 2 aromatic heterocycles. The number of halogens is 1. The first-order chi connectivity index (χ1) is 6.74. The van der Waals surface area contributed by atoms with E-state index in [2.05, 4.69) is 4.98 Å². The minimum atomic E-state index is 0.618. The topological polar surface area (TPSA) is 43.3 Å². The number of imidazole rings is 1. The zero-order chi connectivity index (χ0) is 10.1. The third-order valence-corrected chi connectivity index (χ3v) is 2.67. The molecule has 3 nitrogen and oxygen atoms in total. The Balaban J connectivity index is 2.71. The van der Waals surface area contributed by atoms with Crippen LogP contribution in [-0.2, 0) is 6.42 Å². The van der Waals surface area contributed by atoms with Crippen molar-refractivity contribution >= 4 is 17.2 Å². The van der Waals surface area contributed by atoms with Crippen molar-refractivity contribution in [2.24, 2.45) is 5.73 Å². The second kappa shape index (κ2) is 3.59. The van der Waals surface area contributed by atoms with Gasteiger partial charge in [-0.3, -0.25) is 4.40 Å². The van der Waals surface area contributed by atoms with Crippen molar-refractivity contribution in [3.8, 4) is 0 Å². The fraction of sp³-hybridized carbons (Fsp3) is 0.300. The zero-order valence-corrected chi connectivity index (χ0v) is 8.75. The van der Waals surface area contributed by atoms with E-state index in [0.29, 0.717) is 11.7 Å². The fourth-order valence-corrected chi connectivity index (χ4v) is 1.82. The van der Waals surface area contributed by atoms with Crippen molar-refractivity contribution in [3.63, 3.8) is 0 Å². The fourth-order valence-electron chi connectivity index (χ4n) is 1.58. The maximum absolute atomic E-state index is 6.14. The monoisotopic (exact) mass is 209 g/mol. The van der Waals surface area contributed by atoms with E-state index in [1.165, 1.54) is 0 Å². The van der Waals surface area contributed by atoms with E-state index in [4.69, 9.17) is 17.3 Å². The smallest absolute Gasteiger partial charge is 0.138 e. The molecule has 14 heavy (non-hydrogen) atoms. The van der Waals surface area contributed by atoms with Gasteiger partial charge in [0, 0.05) is 12.1 Å². The lowest BCUT2D eigenvalue weighted by molar-refractivity contribution is 0.896. The van der Waals surface area contributed by atoms with Gasteiger partial charge in [0.2, 0.25) is 0 Å². The van der Waals surface area contributed by atoms with Crippen LogP contribution in [0.3, 0.4) is 0 Å². The van der Waals surface area contributed by atoms with Crippen LogP contribution in [0.4, 0.5) is 0 Å². The molecule has 0 saturated carbocycles. The minimum absolute atomic E-state index is 0.618. The third kappa shape index (κ3) is 1.38. The molecule has 2 rings (SSSR count). The first kappa shape index (κ1) is 9.49.